The van der Waals surface area contributed by atoms with Crippen LogP contribution in [-0.2, 0) is 11.3 Å². The fourth-order valence-electron chi connectivity index (χ4n) is 2.86. The lowest BCUT2D eigenvalue weighted by Gasteiger charge is -2.35. The summed E-state index contributed by atoms with van der Waals surface area (Å²) in [7, 11) is 0. The van der Waals surface area contributed by atoms with Crippen molar-refractivity contribution in [3.63, 3.8) is 0 Å². The average molecular weight is 315 g/mol. The number of nitrogens with zero attached hydrogens (tertiary/aromatic N) is 2. The van der Waals surface area contributed by atoms with Crippen LogP contribution in [0.2, 0.25) is 0 Å². The minimum Gasteiger partial charge on any atom is -0.339 e. The molecule has 0 spiro atoms. The Kier molecular flexibility index (Phi) is 4.24. The first-order valence-corrected chi connectivity index (χ1v) is 8.06. The highest BCUT2D eigenvalue weighted by molar-refractivity contribution is 7.09. The molecule has 3 rings (SSSR count). The standard InChI is InChI=1S/C14H19F2N3OS/c15-14(16)8-12(17-10-14)13(20)19-5-3-18(4-6-19)9-11-2-1-7-21-11/h1-2,7,12,17H,3-6,8-10H2. The Hall–Kier alpha value is -1.05. The number of carbonyl (C=O) groups excluding carboxylic acids is 1. The van der Waals surface area contributed by atoms with Crippen molar-refractivity contribution in [2.24, 2.45) is 0 Å². The topological polar surface area (TPSA) is 35.6 Å². The molecule has 2 saturated heterocycles. The maximum Gasteiger partial charge on any atom is 0.262 e. The van der Waals surface area contributed by atoms with Crippen molar-refractivity contribution in [1.29, 1.82) is 0 Å². The van der Waals surface area contributed by atoms with Crippen LogP contribution in [0.25, 0.3) is 0 Å². The van der Waals surface area contributed by atoms with Gasteiger partial charge in [0.15, 0.2) is 0 Å². The van der Waals surface area contributed by atoms with Crippen molar-refractivity contribution in [2.45, 2.75) is 24.9 Å². The first-order valence-electron chi connectivity index (χ1n) is 7.18. The molecule has 0 bridgehead atoms. The Morgan fingerprint density at radius 2 is 2.14 bits per heavy atom. The summed E-state index contributed by atoms with van der Waals surface area (Å²) >= 11 is 1.73. The van der Waals surface area contributed by atoms with Crippen LogP contribution in [0.1, 0.15) is 11.3 Å². The van der Waals surface area contributed by atoms with Gasteiger partial charge < -0.3 is 4.90 Å². The van der Waals surface area contributed by atoms with Crippen molar-refractivity contribution >= 4 is 17.2 Å². The molecule has 1 N–H and O–H groups in total. The molecule has 0 saturated carbocycles. The molecule has 2 aliphatic rings. The normalized spacial score (nSPS) is 26.2. The molecule has 0 aromatic carbocycles. The van der Waals surface area contributed by atoms with Gasteiger partial charge in [-0.2, -0.15) is 0 Å². The monoisotopic (exact) mass is 315 g/mol. The molecule has 0 aliphatic carbocycles. The smallest absolute Gasteiger partial charge is 0.262 e. The summed E-state index contributed by atoms with van der Waals surface area (Å²) in [4.78, 5) is 17.5. The zero-order valence-electron chi connectivity index (χ0n) is 11.7. The van der Waals surface area contributed by atoms with E-state index in [2.05, 4.69) is 21.7 Å². The van der Waals surface area contributed by atoms with Crippen molar-refractivity contribution in [2.75, 3.05) is 32.7 Å². The fraction of sp³-hybridized carbons (Fsp3) is 0.643. The van der Waals surface area contributed by atoms with Crippen LogP contribution in [0, 0.1) is 0 Å². The predicted octanol–water partition coefficient (Wildman–Crippen LogP) is 1.39. The van der Waals surface area contributed by atoms with E-state index in [0.717, 1.165) is 19.6 Å². The van der Waals surface area contributed by atoms with E-state index in [1.807, 2.05) is 6.07 Å². The van der Waals surface area contributed by atoms with Crippen molar-refractivity contribution in [3.05, 3.63) is 22.4 Å². The Labute approximate surface area is 126 Å². The van der Waals surface area contributed by atoms with Gasteiger partial charge in [0.2, 0.25) is 5.91 Å². The molecule has 1 aromatic rings. The molecular formula is C14H19F2N3OS. The van der Waals surface area contributed by atoms with Gasteiger partial charge in [0.1, 0.15) is 0 Å². The molecule has 1 amide bonds. The van der Waals surface area contributed by atoms with Gasteiger partial charge in [0, 0.05) is 44.0 Å². The molecule has 1 aromatic heterocycles. The van der Waals surface area contributed by atoms with E-state index >= 15 is 0 Å². The van der Waals surface area contributed by atoms with Crippen LogP contribution < -0.4 is 5.32 Å². The maximum absolute atomic E-state index is 13.2. The number of halogens is 2. The van der Waals surface area contributed by atoms with Gasteiger partial charge in [-0.05, 0) is 11.4 Å². The summed E-state index contributed by atoms with van der Waals surface area (Å²) in [6.45, 7) is 3.35. The molecule has 1 unspecified atom stereocenters. The lowest BCUT2D eigenvalue weighted by Crippen LogP contribution is -2.52. The lowest BCUT2D eigenvalue weighted by molar-refractivity contribution is -0.135. The van der Waals surface area contributed by atoms with E-state index in [1.54, 1.807) is 16.2 Å². The Bertz CT molecular complexity index is 486. The maximum atomic E-state index is 13.2. The lowest BCUT2D eigenvalue weighted by atomic mass is 10.1. The number of hydrogen-bond donors (Lipinski definition) is 1. The van der Waals surface area contributed by atoms with E-state index in [-0.39, 0.29) is 18.9 Å². The van der Waals surface area contributed by atoms with Gasteiger partial charge in [-0.1, -0.05) is 6.07 Å². The highest BCUT2D eigenvalue weighted by Gasteiger charge is 2.43. The van der Waals surface area contributed by atoms with E-state index < -0.39 is 12.0 Å². The number of carbonyl (C=O) groups is 1. The fourth-order valence-corrected chi connectivity index (χ4v) is 3.61. The highest BCUT2D eigenvalue weighted by atomic mass is 32.1. The molecule has 3 heterocycles. The second-order valence-corrected chi connectivity index (χ2v) is 6.71. The summed E-state index contributed by atoms with van der Waals surface area (Å²) in [5.41, 5.74) is 0. The largest absolute Gasteiger partial charge is 0.339 e. The number of piperazine rings is 1. The number of thiophene rings is 1. The molecule has 0 radical (unpaired) electrons. The second-order valence-electron chi connectivity index (χ2n) is 5.67. The van der Waals surface area contributed by atoms with Gasteiger partial charge >= 0.3 is 0 Å². The van der Waals surface area contributed by atoms with Crippen molar-refractivity contribution in [3.8, 4) is 0 Å². The molecular weight excluding hydrogens is 296 g/mol. The van der Waals surface area contributed by atoms with Crippen LogP contribution in [0.15, 0.2) is 17.5 Å². The van der Waals surface area contributed by atoms with Gasteiger partial charge in [0.05, 0.1) is 12.6 Å². The minimum absolute atomic E-state index is 0.178. The molecule has 1 atom stereocenters. The third-order valence-corrected chi connectivity index (χ3v) is 4.91. The summed E-state index contributed by atoms with van der Waals surface area (Å²) in [5.74, 6) is -2.93. The Morgan fingerprint density at radius 3 is 2.71 bits per heavy atom. The SMILES string of the molecule is O=C(C1CC(F)(F)CN1)N1CCN(Cc2cccs2)CC1. The average Bonchev–Trinajstić information content (AvgIpc) is 3.08. The first kappa shape index (κ1) is 14.9. The van der Waals surface area contributed by atoms with Crippen molar-refractivity contribution in [1.82, 2.24) is 15.1 Å². The quantitative estimate of drug-likeness (QED) is 0.916. The molecule has 4 nitrogen and oxygen atoms in total. The van der Waals surface area contributed by atoms with Gasteiger partial charge in [0.25, 0.3) is 5.92 Å². The summed E-state index contributed by atoms with van der Waals surface area (Å²) in [6, 6.07) is 3.42. The van der Waals surface area contributed by atoms with E-state index in [4.69, 9.17) is 0 Å². The van der Waals surface area contributed by atoms with E-state index in [1.165, 1.54) is 4.88 Å². The zero-order chi connectivity index (χ0) is 14.9. The third kappa shape index (κ3) is 3.59. The summed E-state index contributed by atoms with van der Waals surface area (Å²) < 4.78 is 26.3. The molecule has 116 valence electrons. The Morgan fingerprint density at radius 1 is 1.38 bits per heavy atom. The third-order valence-electron chi connectivity index (χ3n) is 4.05. The van der Waals surface area contributed by atoms with Gasteiger partial charge in [-0.25, -0.2) is 8.78 Å². The minimum atomic E-state index is -2.75. The first-order chi connectivity index (χ1) is 10.0. The molecule has 2 fully saturated rings. The molecule has 21 heavy (non-hydrogen) atoms. The predicted molar refractivity (Wildman–Crippen MR) is 77.5 cm³/mol. The van der Waals surface area contributed by atoms with Crippen molar-refractivity contribution < 1.29 is 13.6 Å². The van der Waals surface area contributed by atoms with E-state index in [0.29, 0.717) is 13.1 Å². The number of nitrogens with one attached hydrogen (secondary N) is 1. The Balaban J connectivity index is 1.48. The number of rotatable bonds is 3. The number of alkyl halides is 2. The van der Waals surface area contributed by atoms with Crippen LogP contribution in [-0.4, -0.2) is 60.4 Å². The highest BCUT2D eigenvalue weighted by Crippen LogP contribution is 2.26. The van der Waals surface area contributed by atoms with Crippen LogP contribution in [0.5, 0.6) is 0 Å². The summed E-state index contributed by atoms with van der Waals surface area (Å²) in [5, 5.41) is 4.69. The van der Waals surface area contributed by atoms with Crippen LogP contribution in [0.3, 0.4) is 0 Å². The molecule has 7 heteroatoms. The van der Waals surface area contributed by atoms with E-state index in [9.17, 15) is 13.6 Å². The second kappa shape index (κ2) is 5.98. The summed E-state index contributed by atoms with van der Waals surface area (Å²) in [6.07, 6.45) is -0.374. The molecule has 2 aliphatic heterocycles. The van der Waals surface area contributed by atoms with Gasteiger partial charge in [-0.3, -0.25) is 15.0 Å². The van der Waals surface area contributed by atoms with Crippen LogP contribution in [0.4, 0.5) is 8.78 Å². The number of amides is 1. The zero-order valence-corrected chi connectivity index (χ0v) is 12.5. The van der Waals surface area contributed by atoms with Gasteiger partial charge in [-0.15, -0.1) is 11.3 Å². The van der Waals surface area contributed by atoms with Crippen LogP contribution >= 0.6 is 11.3 Å². The number of hydrogen-bond acceptors (Lipinski definition) is 4.